The predicted octanol–water partition coefficient (Wildman–Crippen LogP) is -0.702. The Morgan fingerprint density at radius 3 is 1.87 bits per heavy atom. The van der Waals surface area contributed by atoms with Crippen molar-refractivity contribution in [1.82, 2.24) is 25.7 Å². The first kappa shape index (κ1) is 58.6. The molecular formula is C42H89N9O11. The van der Waals surface area contributed by atoms with Gasteiger partial charge in [-0.25, -0.2) is 4.90 Å². The minimum absolute atomic E-state index is 0.0299. The summed E-state index contributed by atoms with van der Waals surface area (Å²) in [4.78, 5) is 26.9. The summed E-state index contributed by atoms with van der Waals surface area (Å²) in [5.74, 6) is 0. The van der Waals surface area contributed by atoms with Gasteiger partial charge in [0, 0.05) is 82.7 Å². The molecule has 0 saturated carbocycles. The van der Waals surface area contributed by atoms with E-state index >= 15 is 0 Å². The molecule has 1 rings (SSSR count). The van der Waals surface area contributed by atoms with Crippen LogP contribution < -0.4 is 22.4 Å². The van der Waals surface area contributed by atoms with Crippen LogP contribution in [0.3, 0.4) is 0 Å². The molecule has 1 heterocycles. The maximum Gasteiger partial charge on any atom is 0.194 e. The van der Waals surface area contributed by atoms with E-state index in [1.54, 1.807) is 6.21 Å². The molecule has 0 aromatic carbocycles. The second kappa shape index (κ2) is 30.8. The zero-order chi connectivity index (χ0) is 46.9. The second-order valence-corrected chi connectivity index (χ2v) is 19.1. The molecule has 1 aliphatic heterocycles. The number of nitrogens with one attached hydrogen (secondary N) is 2. The van der Waals surface area contributed by atoms with Gasteiger partial charge in [0.2, 0.25) is 0 Å². The summed E-state index contributed by atoms with van der Waals surface area (Å²) in [6.45, 7) is 27.5. The molecule has 0 aromatic rings. The molecule has 20 heteroatoms. The number of aliphatic hydroxyl groups is 5. The lowest BCUT2D eigenvalue weighted by Crippen LogP contribution is -2.61. The summed E-state index contributed by atoms with van der Waals surface area (Å²) >= 11 is 0. The largest absolute Gasteiger partial charge is 0.395 e. The Bertz CT molecular complexity index is 1180. The van der Waals surface area contributed by atoms with E-state index < -0.39 is 53.9 Å². The molecule has 368 valence electrons. The van der Waals surface area contributed by atoms with E-state index in [2.05, 4.69) is 46.6 Å². The minimum Gasteiger partial charge on any atom is -0.395 e. The van der Waals surface area contributed by atoms with Crippen molar-refractivity contribution < 1.29 is 54.2 Å². The van der Waals surface area contributed by atoms with Crippen LogP contribution >= 0.6 is 0 Å². The van der Waals surface area contributed by atoms with Gasteiger partial charge in [0.05, 0.1) is 50.9 Å². The summed E-state index contributed by atoms with van der Waals surface area (Å²) < 4.78 is 24.8. The number of hydrogen-bond donors (Lipinski definition) is 9. The van der Waals surface area contributed by atoms with Crippen LogP contribution in [0.1, 0.15) is 82.6 Å². The Balaban J connectivity index is 2.95. The molecule has 0 bridgehead atoms. The van der Waals surface area contributed by atoms with Crippen LogP contribution in [0.2, 0.25) is 0 Å². The lowest BCUT2D eigenvalue weighted by atomic mass is 9.80. The number of nitrogens with two attached hydrogens (primary N) is 2. The number of aliphatic hydroxyl groups excluding tert-OH is 5. The zero-order valence-electron chi connectivity index (χ0n) is 39.9. The van der Waals surface area contributed by atoms with Gasteiger partial charge in [-0.05, 0) is 67.2 Å². The molecule has 9 unspecified atom stereocenters. The summed E-state index contributed by atoms with van der Waals surface area (Å²) in [6, 6.07) is -0.0896. The summed E-state index contributed by atoms with van der Waals surface area (Å²) in [6.07, 6.45) is -3.60. The van der Waals surface area contributed by atoms with E-state index in [4.69, 9.17) is 40.1 Å². The minimum atomic E-state index is -1.43. The van der Waals surface area contributed by atoms with Crippen LogP contribution in [0.5, 0.6) is 0 Å². The fourth-order valence-corrected chi connectivity index (χ4v) is 6.29. The van der Waals surface area contributed by atoms with Gasteiger partial charge >= 0.3 is 0 Å². The van der Waals surface area contributed by atoms with E-state index in [0.717, 1.165) is 0 Å². The van der Waals surface area contributed by atoms with Crippen LogP contribution in [-0.2, 0) is 28.6 Å². The zero-order valence-corrected chi connectivity index (χ0v) is 39.9. The maximum atomic E-state index is 10.9. The van der Waals surface area contributed by atoms with E-state index in [9.17, 15) is 25.5 Å². The highest BCUT2D eigenvalue weighted by Crippen LogP contribution is 2.33. The number of hydroxylamine groups is 2. The molecular weight excluding hydrogens is 807 g/mol. The highest BCUT2D eigenvalue weighted by Gasteiger charge is 2.48. The van der Waals surface area contributed by atoms with Crippen molar-refractivity contribution in [3.05, 3.63) is 0 Å². The summed E-state index contributed by atoms with van der Waals surface area (Å²) in [5, 5.41) is 51.3. The van der Waals surface area contributed by atoms with Gasteiger partial charge in [0.15, 0.2) is 6.29 Å². The number of aliphatic imine (C=N–C) groups is 2. The highest BCUT2D eigenvalue weighted by molar-refractivity contribution is 5.65. The number of hydrogen-bond acceptors (Lipinski definition) is 20. The average Bonchev–Trinajstić information content (AvgIpc) is 3.16. The van der Waals surface area contributed by atoms with Crippen molar-refractivity contribution in [3.8, 4) is 0 Å². The highest BCUT2D eigenvalue weighted by atomic mass is 16.7. The maximum absolute atomic E-state index is 10.9. The lowest BCUT2D eigenvalue weighted by molar-refractivity contribution is -0.261. The van der Waals surface area contributed by atoms with E-state index in [1.165, 1.54) is 6.21 Å². The van der Waals surface area contributed by atoms with Gasteiger partial charge in [-0.2, -0.15) is 11.0 Å². The topological polar surface area (TPSA) is 267 Å². The van der Waals surface area contributed by atoms with E-state index in [1.807, 2.05) is 65.2 Å². The SMILES string of the molecule is CC(N)CC(C)/N=C/C(COC(C)(C)C)OC(/C=N/CCN(CCO)CCNOCN(CONCCN(CCN)CCO)C(C)(C)C)OCC1OC(C(C)(C)C)C(O)C(O)C1O. The van der Waals surface area contributed by atoms with Gasteiger partial charge in [-0.3, -0.25) is 29.5 Å². The molecule has 0 aliphatic carbocycles. The van der Waals surface area contributed by atoms with Crippen LogP contribution in [0.4, 0.5) is 0 Å². The Hall–Kier alpha value is -1.38. The average molecular weight is 896 g/mol. The fraction of sp³-hybridized carbons (Fsp3) is 0.952. The molecule has 20 nitrogen and oxygen atoms in total. The standard InChI is InChI=1S/C42H89N9O11/c1-31(44)24-32(2)46-25-33(27-58-42(9,10)11)61-35(57-28-34-36(54)37(55)38(56)39(62-34)40(3,4)5)26-45-13-17-50(21-23-53)19-15-48-60-30-51(41(6,7)8)29-59-47-14-18-49(16-12-43)20-22-52/h25-26,31-39,47-48,52-56H,12-24,27-30,43-44H2,1-11H3/b45-26+,46-25+. The Morgan fingerprint density at radius 1 is 0.790 bits per heavy atom. The van der Waals surface area contributed by atoms with Crippen molar-refractivity contribution in [2.45, 2.75) is 149 Å². The normalized spacial score (nSPS) is 22.8. The third-order valence-electron chi connectivity index (χ3n) is 9.90. The van der Waals surface area contributed by atoms with Gasteiger partial charge in [0.25, 0.3) is 0 Å². The molecule has 62 heavy (non-hydrogen) atoms. The molecule has 0 spiro atoms. The summed E-state index contributed by atoms with van der Waals surface area (Å²) in [7, 11) is 0. The first-order valence-electron chi connectivity index (χ1n) is 22.2. The monoisotopic (exact) mass is 896 g/mol. The first-order valence-corrected chi connectivity index (χ1v) is 22.2. The smallest absolute Gasteiger partial charge is 0.194 e. The van der Waals surface area contributed by atoms with Crippen molar-refractivity contribution >= 4 is 12.4 Å². The Labute approximate surface area is 372 Å². The predicted molar refractivity (Wildman–Crippen MR) is 242 cm³/mol. The summed E-state index contributed by atoms with van der Waals surface area (Å²) in [5.41, 5.74) is 16.4. The van der Waals surface area contributed by atoms with Crippen molar-refractivity contribution in [1.29, 1.82) is 0 Å². The fourth-order valence-electron chi connectivity index (χ4n) is 6.29. The van der Waals surface area contributed by atoms with Crippen molar-refractivity contribution in [3.63, 3.8) is 0 Å². The quantitative estimate of drug-likeness (QED) is 0.0171. The van der Waals surface area contributed by atoms with Crippen LogP contribution in [0, 0.1) is 5.41 Å². The molecule has 11 N–H and O–H groups in total. The van der Waals surface area contributed by atoms with Gasteiger partial charge < -0.3 is 55.9 Å². The molecule has 1 saturated heterocycles. The number of nitrogens with zero attached hydrogens (tertiary/aromatic N) is 5. The number of rotatable bonds is 33. The van der Waals surface area contributed by atoms with Crippen molar-refractivity contribution in [2.24, 2.45) is 26.9 Å². The van der Waals surface area contributed by atoms with Gasteiger partial charge in [0.1, 0.15) is 44.0 Å². The number of ether oxygens (including phenoxy) is 4. The first-order chi connectivity index (χ1) is 29.0. The molecule has 1 fully saturated rings. The molecule has 9 atom stereocenters. The molecule has 0 aromatic heterocycles. The van der Waals surface area contributed by atoms with Gasteiger partial charge in [-0.1, -0.05) is 20.8 Å². The Kier molecular flexibility index (Phi) is 29.1. The van der Waals surface area contributed by atoms with E-state index in [0.29, 0.717) is 71.9 Å². The van der Waals surface area contributed by atoms with Crippen molar-refractivity contribution in [2.75, 3.05) is 105 Å². The van der Waals surface area contributed by atoms with Crippen LogP contribution in [0.25, 0.3) is 0 Å². The third-order valence-corrected chi connectivity index (χ3v) is 9.90. The van der Waals surface area contributed by atoms with Crippen LogP contribution in [0.15, 0.2) is 9.98 Å². The molecule has 0 radical (unpaired) electrons. The lowest BCUT2D eigenvalue weighted by Gasteiger charge is -2.45. The van der Waals surface area contributed by atoms with Crippen LogP contribution in [-0.4, -0.2) is 224 Å². The second-order valence-electron chi connectivity index (χ2n) is 19.1. The van der Waals surface area contributed by atoms with Gasteiger partial charge in [-0.15, -0.1) is 0 Å². The Morgan fingerprint density at radius 2 is 1.37 bits per heavy atom. The third kappa shape index (κ3) is 25.9. The molecule has 1 aliphatic rings. The van der Waals surface area contributed by atoms with E-state index in [-0.39, 0.29) is 57.5 Å². The molecule has 0 amide bonds.